The molecule has 4 rings (SSSR count). The summed E-state index contributed by atoms with van der Waals surface area (Å²) >= 11 is 1.36. The lowest BCUT2D eigenvalue weighted by Crippen LogP contribution is -2.21. The van der Waals surface area contributed by atoms with Gasteiger partial charge in [-0.25, -0.2) is 4.79 Å². The molecule has 0 radical (unpaired) electrons. The Morgan fingerprint density at radius 2 is 1.84 bits per heavy atom. The Kier molecular flexibility index (Phi) is 6.13. The zero-order valence-electron chi connectivity index (χ0n) is 16.8. The molecule has 164 valence electrons. The van der Waals surface area contributed by atoms with Gasteiger partial charge in [-0.3, -0.25) is 19.7 Å². The number of furan rings is 1. The summed E-state index contributed by atoms with van der Waals surface area (Å²) in [6, 6.07) is 11.0. The maximum Gasteiger partial charge on any atom is 0.433 e. The summed E-state index contributed by atoms with van der Waals surface area (Å²) in [7, 11) is 0. The van der Waals surface area contributed by atoms with Gasteiger partial charge in [0.25, 0.3) is 5.91 Å². The van der Waals surface area contributed by atoms with Crippen LogP contribution >= 0.6 is 11.3 Å². The number of benzene rings is 1. The van der Waals surface area contributed by atoms with E-state index in [1.807, 2.05) is 6.07 Å². The van der Waals surface area contributed by atoms with Crippen LogP contribution in [-0.2, 0) is 22.4 Å². The molecule has 1 N–H and O–H groups in total. The summed E-state index contributed by atoms with van der Waals surface area (Å²) in [5.74, 6) is -2.77. The molecule has 1 aliphatic carbocycles. The Balaban J connectivity index is 1.49. The second-order valence-corrected chi connectivity index (χ2v) is 8.23. The largest absolute Gasteiger partial charge is 0.450 e. The van der Waals surface area contributed by atoms with Crippen LogP contribution in [0.5, 0.6) is 0 Å². The van der Waals surface area contributed by atoms with Crippen molar-refractivity contribution in [1.29, 1.82) is 0 Å². The first-order chi connectivity index (χ1) is 15.4. The van der Waals surface area contributed by atoms with E-state index >= 15 is 0 Å². The minimum absolute atomic E-state index is 0.166. The lowest BCUT2D eigenvalue weighted by Gasteiger charge is -2.12. The van der Waals surface area contributed by atoms with Gasteiger partial charge in [0, 0.05) is 10.4 Å². The van der Waals surface area contributed by atoms with Crippen molar-refractivity contribution in [1.82, 2.24) is 0 Å². The highest BCUT2D eigenvalue weighted by Crippen LogP contribution is 2.39. The van der Waals surface area contributed by atoms with Crippen LogP contribution in [0.4, 0.5) is 10.9 Å². The van der Waals surface area contributed by atoms with Gasteiger partial charge in [-0.1, -0.05) is 30.3 Å². The molecule has 1 amide bonds. The van der Waals surface area contributed by atoms with E-state index in [0.717, 1.165) is 48.3 Å². The normalized spacial score (nSPS) is 12.6. The smallest absolute Gasteiger partial charge is 0.433 e. The topological polar surface area (TPSA) is 129 Å². The molecule has 0 atom stereocenters. The van der Waals surface area contributed by atoms with Crippen LogP contribution in [0.1, 0.15) is 49.8 Å². The highest BCUT2D eigenvalue weighted by atomic mass is 32.1. The maximum atomic E-state index is 13.2. The highest BCUT2D eigenvalue weighted by molar-refractivity contribution is 7.17. The summed E-state index contributed by atoms with van der Waals surface area (Å²) in [4.78, 5) is 48.6. The predicted octanol–water partition coefficient (Wildman–Crippen LogP) is 4.15. The zero-order valence-corrected chi connectivity index (χ0v) is 17.6. The Morgan fingerprint density at radius 3 is 2.56 bits per heavy atom. The summed E-state index contributed by atoms with van der Waals surface area (Å²) < 4.78 is 9.66. The summed E-state index contributed by atoms with van der Waals surface area (Å²) in [6.45, 7) is -0.630. The molecule has 1 aromatic carbocycles. The van der Waals surface area contributed by atoms with E-state index in [1.54, 1.807) is 24.3 Å². The number of nitro groups is 1. The molecule has 0 unspecified atom stereocenters. The molecule has 0 fully saturated rings. The average Bonchev–Trinajstić information content (AvgIpc) is 3.43. The summed E-state index contributed by atoms with van der Waals surface area (Å²) in [5.41, 5.74) is 1.97. The van der Waals surface area contributed by atoms with Gasteiger partial charge in [-0.15, -0.1) is 11.3 Å². The SMILES string of the molecule is O=C(COC(=O)c1ccc([N+](=O)[O-])o1)Nc1sc2c(c1C(=O)c1ccccc1)CCCC2. The molecule has 3 aromatic rings. The van der Waals surface area contributed by atoms with E-state index in [9.17, 15) is 24.5 Å². The Bertz CT molecular complexity index is 1200. The first-order valence-electron chi connectivity index (χ1n) is 9.89. The lowest BCUT2D eigenvalue weighted by atomic mass is 9.92. The Labute approximate surface area is 186 Å². The molecule has 10 heteroatoms. The number of nitrogens with one attached hydrogen (secondary N) is 1. The number of aryl methyl sites for hydroxylation is 1. The van der Waals surface area contributed by atoms with Gasteiger partial charge in [-0.05, 0) is 37.3 Å². The highest BCUT2D eigenvalue weighted by Gasteiger charge is 2.27. The van der Waals surface area contributed by atoms with Gasteiger partial charge in [-0.2, -0.15) is 0 Å². The van der Waals surface area contributed by atoms with Gasteiger partial charge in [0.1, 0.15) is 9.92 Å². The average molecular weight is 454 g/mol. The van der Waals surface area contributed by atoms with Crippen LogP contribution in [0.3, 0.4) is 0 Å². The van der Waals surface area contributed by atoms with E-state index in [-0.39, 0.29) is 11.5 Å². The number of amides is 1. The van der Waals surface area contributed by atoms with Crippen molar-refractivity contribution in [2.45, 2.75) is 25.7 Å². The molecule has 9 nitrogen and oxygen atoms in total. The van der Waals surface area contributed by atoms with Crippen molar-refractivity contribution >= 4 is 39.9 Å². The molecule has 0 bridgehead atoms. The van der Waals surface area contributed by atoms with Crippen molar-refractivity contribution in [3.05, 3.63) is 79.9 Å². The van der Waals surface area contributed by atoms with Crippen LogP contribution < -0.4 is 5.32 Å². The number of esters is 1. The molecule has 0 saturated carbocycles. The maximum absolute atomic E-state index is 13.2. The number of rotatable bonds is 7. The van der Waals surface area contributed by atoms with E-state index < -0.39 is 29.3 Å². The quantitative estimate of drug-likeness (QED) is 0.246. The van der Waals surface area contributed by atoms with E-state index in [0.29, 0.717) is 16.1 Å². The third kappa shape index (κ3) is 4.45. The number of hydrogen-bond donors (Lipinski definition) is 1. The van der Waals surface area contributed by atoms with E-state index in [2.05, 4.69) is 5.32 Å². The Hall–Kier alpha value is -3.79. The van der Waals surface area contributed by atoms with Gasteiger partial charge >= 0.3 is 11.9 Å². The minimum atomic E-state index is -1.00. The summed E-state index contributed by atoms with van der Waals surface area (Å²) in [6.07, 6.45) is 3.60. The molecular formula is C22H18N2O7S. The van der Waals surface area contributed by atoms with Crippen LogP contribution in [0.2, 0.25) is 0 Å². The van der Waals surface area contributed by atoms with Crippen LogP contribution in [0, 0.1) is 10.1 Å². The van der Waals surface area contributed by atoms with Gasteiger partial charge < -0.3 is 14.5 Å². The standard InChI is InChI=1S/C22H18N2O7S/c25-17(12-30-22(27)15-10-11-18(31-15)24(28)29)23-21-19(14-8-4-5-9-16(14)32-21)20(26)13-6-2-1-3-7-13/h1-3,6-7,10-11H,4-5,8-9,12H2,(H,23,25). The number of ketones is 1. The molecule has 2 aromatic heterocycles. The van der Waals surface area contributed by atoms with Gasteiger partial charge in [0.15, 0.2) is 12.4 Å². The monoisotopic (exact) mass is 454 g/mol. The third-order valence-electron chi connectivity index (χ3n) is 4.99. The molecule has 0 spiro atoms. The predicted molar refractivity (Wildman–Crippen MR) is 115 cm³/mol. The number of carbonyl (C=O) groups is 3. The fourth-order valence-electron chi connectivity index (χ4n) is 3.53. The fraction of sp³-hybridized carbons (Fsp3) is 0.227. The number of anilines is 1. The van der Waals surface area contributed by atoms with Crippen LogP contribution in [0.15, 0.2) is 46.9 Å². The van der Waals surface area contributed by atoms with Gasteiger partial charge in [0.2, 0.25) is 5.76 Å². The number of carbonyl (C=O) groups excluding carboxylic acids is 3. The molecular weight excluding hydrogens is 436 g/mol. The number of nitrogens with zero attached hydrogens (tertiary/aromatic N) is 1. The van der Waals surface area contributed by atoms with Crippen molar-refractivity contribution in [2.75, 3.05) is 11.9 Å². The van der Waals surface area contributed by atoms with E-state index in [4.69, 9.17) is 9.15 Å². The molecule has 0 aliphatic heterocycles. The number of thiophene rings is 1. The molecule has 1 aliphatic rings. The lowest BCUT2D eigenvalue weighted by molar-refractivity contribution is -0.402. The second-order valence-electron chi connectivity index (χ2n) is 7.13. The van der Waals surface area contributed by atoms with E-state index in [1.165, 1.54) is 11.3 Å². The first-order valence-corrected chi connectivity index (χ1v) is 10.7. The Morgan fingerprint density at radius 1 is 1.09 bits per heavy atom. The van der Waals surface area contributed by atoms with Crippen LogP contribution in [-0.4, -0.2) is 29.2 Å². The first kappa shape index (κ1) is 21.4. The minimum Gasteiger partial charge on any atom is -0.450 e. The molecule has 0 saturated heterocycles. The zero-order chi connectivity index (χ0) is 22.7. The van der Waals surface area contributed by atoms with Crippen molar-refractivity contribution in [2.24, 2.45) is 0 Å². The van der Waals surface area contributed by atoms with Gasteiger partial charge in [0.05, 0.1) is 11.6 Å². The summed E-state index contributed by atoms with van der Waals surface area (Å²) in [5, 5.41) is 13.8. The number of ether oxygens (including phenoxy) is 1. The third-order valence-corrected chi connectivity index (χ3v) is 6.20. The van der Waals surface area contributed by atoms with Crippen molar-refractivity contribution < 1.29 is 28.5 Å². The van der Waals surface area contributed by atoms with Crippen molar-refractivity contribution in [3.8, 4) is 0 Å². The molecule has 32 heavy (non-hydrogen) atoms. The van der Waals surface area contributed by atoms with Crippen molar-refractivity contribution in [3.63, 3.8) is 0 Å². The molecule has 2 heterocycles. The number of fused-ring (bicyclic) bond motifs is 1. The second kappa shape index (κ2) is 9.15. The number of hydrogen-bond acceptors (Lipinski definition) is 8. The fourth-order valence-corrected chi connectivity index (χ4v) is 4.83. The van der Waals surface area contributed by atoms with Crippen LogP contribution in [0.25, 0.3) is 0 Å².